The van der Waals surface area contributed by atoms with Crippen LogP contribution in [0.3, 0.4) is 0 Å². The van der Waals surface area contributed by atoms with E-state index >= 15 is 0 Å². The molecule has 14 heavy (non-hydrogen) atoms. The summed E-state index contributed by atoms with van der Waals surface area (Å²) >= 11 is 0. The van der Waals surface area contributed by atoms with Crippen LogP contribution in [0.2, 0.25) is 0 Å². The van der Waals surface area contributed by atoms with Crippen molar-refractivity contribution in [3.63, 3.8) is 0 Å². The van der Waals surface area contributed by atoms with Gasteiger partial charge in [-0.05, 0) is 0 Å². The third-order valence-corrected chi connectivity index (χ3v) is 1.78. The van der Waals surface area contributed by atoms with Gasteiger partial charge in [0.25, 0.3) is 0 Å². The number of nitrogens with zero attached hydrogens (tertiary/aromatic N) is 3. The average molecular weight is 193 g/mol. The molecule has 0 saturated heterocycles. The Kier molecular flexibility index (Phi) is 2.44. The first kappa shape index (κ1) is 8.74. The fourth-order valence-corrected chi connectivity index (χ4v) is 1.02. The van der Waals surface area contributed by atoms with E-state index in [-0.39, 0.29) is 0 Å². The number of nitrogens with one attached hydrogen (secondary N) is 2. The summed E-state index contributed by atoms with van der Waals surface area (Å²) in [4.78, 5) is 4.11. The molecule has 0 radical (unpaired) electrons. The lowest BCUT2D eigenvalue weighted by Gasteiger charge is -1.95. The van der Waals surface area contributed by atoms with Gasteiger partial charge in [0.15, 0.2) is 5.82 Å². The van der Waals surface area contributed by atoms with Crippen molar-refractivity contribution in [2.45, 2.75) is 19.9 Å². The van der Waals surface area contributed by atoms with Gasteiger partial charge in [-0.1, -0.05) is 12.1 Å². The smallest absolute Gasteiger partial charge is 0.321 e. The maximum Gasteiger partial charge on any atom is 0.321 e. The van der Waals surface area contributed by atoms with Crippen molar-refractivity contribution in [1.82, 2.24) is 20.3 Å². The minimum atomic E-state index is 0.447. The van der Waals surface area contributed by atoms with Gasteiger partial charge < -0.3 is 9.84 Å². The molecule has 0 fully saturated rings. The number of rotatable bonds is 4. The van der Waals surface area contributed by atoms with E-state index in [1.165, 1.54) is 0 Å². The van der Waals surface area contributed by atoms with Crippen LogP contribution in [0.4, 0.5) is 6.01 Å². The summed E-state index contributed by atoms with van der Waals surface area (Å²) in [5.41, 5.74) is 1.04. The maximum atomic E-state index is 4.95. The Balaban J connectivity index is 1.92. The molecule has 0 amide bonds. The zero-order valence-corrected chi connectivity index (χ0v) is 7.82. The van der Waals surface area contributed by atoms with E-state index in [0.717, 1.165) is 12.0 Å². The van der Waals surface area contributed by atoms with Crippen LogP contribution in [0, 0.1) is 0 Å². The van der Waals surface area contributed by atoms with E-state index in [4.69, 9.17) is 4.52 Å². The Labute approximate surface area is 80.7 Å². The molecule has 74 valence electrons. The van der Waals surface area contributed by atoms with Crippen molar-refractivity contribution in [2.75, 3.05) is 5.32 Å². The van der Waals surface area contributed by atoms with Crippen LogP contribution in [0.5, 0.6) is 0 Å². The van der Waals surface area contributed by atoms with Crippen LogP contribution >= 0.6 is 0 Å². The SMILES string of the molecule is CCc1noc(NCc2cn[nH]c2)n1. The molecule has 0 spiro atoms. The third kappa shape index (κ3) is 1.90. The predicted octanol–water partition coefficient (Wildman–Crippen LogP) is 0.967. The van der Waals surface area contributed by atoms with Crippen LogP contribution in [-0.4, -0.2) is 20.3 Å². The van der Waals surface area contributed by atoms with Gasteiger partial charge in [-0.2, -0.15) is 10.1 Å². The van der Waals surface area contributed by atoms with Crippen molar-refractivity contribution in [2.24, 2.45) is 0 Å². The average Bonchev–Trinajstić information content (AvgIpc) is 2.86. The van der Waals surface area contributed by atoms with E-state index in [1.807, 2.05) is 13.1 Å². The number of anilines is 1. The number of aromatic nitrogens is 4. The van der Waals surface area contributed by atoms with Crippen molar-refractivity contribution >= 4 is 6.01 Å². The quantitative estimate of drug-likeness (QED) is 0.756. The van der Waals surface area contributed by atoms with Crippen LogP contribution in [0.25, 0.3) is 0 Å². The van der Waals surface area contributed by atoms with E-state index in [0.29, 0.717) is 18.4 Å². The molecule has 2 heterocycles. The van der Waals surface area contributed by atoms with Gasteiger partial charge in [0.2, 0.25) is 0 Å². The van der Waals surface area contributed by atoms with E-state index in [9.17, 15) is 0 Å². The molecule has 2 aromatic heterocycles. The minimum absolute atomic E-state index is 0.447. The zero-order valence-electron chi connectivity index (χ0n) is 7.82. The van der Waals surface area contributed by atoms with Crippen LogP contribution in [0.1, 0.15) is 18.3 Å². The van der Waals surface area contributed by atoms with Crippen LogP contribution < -0.4 is 5.32 Å². The zero-order chi connectivity index (χ0) is 9.80. The highest BCUT2D eigenvalue weighted by atomic mass is 16.5. The minimum Gasteiger partial charge on any atom is -0.334 e. The molecule has 0 aliphatic rings. The van der Waals surface area contributed by atoms with Gasteiger partial charge in [0.05, 0.1) is 6.20 Å². The van der Waals surface area contributed by atoms with Crippen molar-refractivity contribution < 1.29 is 4.52 Å². The second kappa shape index (κ2) is 3.91. The Morgan fingerprint density at radius 1 is 1.57 bits per heavy atom. The predicted molar refractivity (Wildman–Crippen MR) is 49.6 cm³/mol. The van der Waals surface area contributed by atoms with E-state index in [2.05, 4.69) is 25.7 Å². The first-order chi connectivity index (χ1) is 6.88. The summed E-state index contributed by atoms with van der Waals surface area (Å²) in [7, 11) is 0. The highest BCUT2D eigenvalue weighted by Gasteiger charge is 2.03. The normalized spacial score (nSPS) is 10.4. The molecule has 6 nitrogen and oxygen atoms in total. The Bertz CT molecular complexity index is 380. The van der Waals surface area contributed by atoms with Gasteiger partial charge in [-0.25, -0.2) is 0 Å². The van der Waals surface area contributed by atoms with Crippen molar-refractivity contribution in [1.29, 1.82) is 0 Å². The van der Waals surface area contributed by atoms with Crippen LogP contribution in [-0.2, 0) is 13.0 Å². The lowest BCUT2D eigenvalue weighted by Crippen LogP contribution is -1.98. The number of hydrogen-bond acceptors (Lipinski definition) is 5. The second-order valence-electron chi connectivity index (χ2n) is 2.83. The fourth-order valence-electron chi connectivity index (χ4n) is 1.02. The van der Waals surface area contributed by atoms with Crippen molar-refractivity contribution in [3.8, 4) is 0 Å². The lowest BCUT2D eigenvalue weighted by molar-refractivity contribution is 0.423. The van der Waals surface area contributed by atoms with Gasteiger partial charge in [-0.3, -0.25) is 5.10 Å². The molecular formula is C8H11N5O. The number of H-pyrrole nitrogens is 1. The van der Waals surface area contributed by atoms with Gasteiger partial charge in [0.1, 0.15) is 0 Å². The number of aromatic amines is 1. The molecule has 6 heteroatoms. The summed E-state index contributed by atoms with van der Waals surface area (Å²) in [5, 5.41) is 13.3. The molecule has 0 bridgehead atoms. The molecular weight excluding hydrogens is 182 g/mol. The highest BCUT2D eigenvalue weighted by Crippen LogP contribution is 2.05. The molecule has 0 atom stereocenters. The standard InChI is InChI=1S/C8H11N5O/c1-2-7-12-8(14-13-7)9-3-6-4-10-11-5-6/h4-5H,2-3H2,1H3,(H,10,11)(H,9,12,13). The second-order valence-corrected chi connectivity index (χ2v) is 2.83. The molecule has 0 aromatic carbocycles. The van der Waals surface area contributed by atoms with Gasteiger partial charge in [0, 0.05) is 24.7 Å². The molecule has 2 rings (SSSR count). The Morgan fingerprint density at radius 2 is 2.50 bits per heavy atom. The summed E-state index contributed by atoms with van der Waals surface area (Å²) in [6.45, 7) is 2.60. The monoisotopic (exact) mass is 193 g/mol. The van der Waals surface area contributed by atoms with Gasteiger partial charge >= 0.3 is 6.01 Å². The topological polar surface area (TPSA) is 79.6 Å². The first-order valence-corrected chi connectivity index (χ1v) is 4.42. The summed E-state index contributed by atoms with van der Waals surface area (Å²) in [5.74, 6) is 0.708. The fraction of sp³-hybridized carbons (Fsp3) is 0.375. The molecule has 2 N–H and O–H groups in total. The molecule has 0 saturated carbocycles. The molecule has 2 aromatic rings. The lowest BCUT2D eigenvalue weighted by atomic mass is 10.4. The molecule has 0 aliphatic heterocycles. The Morgan fingerprint density at radius 3 is 3.14 bits per heavy atom. The Hall–Kier alpha value is -1.85. The van der Waals surface area contributed by atoms with E-state index < -0.39 is 0 Å². The maximum absolute atomic E-state index is 4.95. The molecule has 0 unspecified atom stereocenters. The third-order valence-electron chi connectivity index (χ3n) is 1.78. The summed E-state index contributed by atoms with van der Waals surface area (Å²) in [6, 6.07) is 0.447. The largest absolute Gasteiger partial charge is 0.334 e. The van der Waals surface area contributed by atoms with E-state index in [1.54, 1.807) is 6.20 Å². The van der Waals surface area contributed by atoms with Gasteiger partial charge in [-0.15, -0.1) is 0 Å². The summed E-state index contributed by atoms with van der Waals surface area (Å²) in [6.07, 6.45) is 4.32. The summed E-state index contributed by atoms with van der Waals surface area (Å²) < 4.78 is 4.95. The number of aryl methyl sites for hydroxylation is 1. The van der Waals surface area contributed by atoms with Crippen LogP contribution in [0.15, 0.2) is 16.9 Å². The molecule has 0 aliphatic carbocycles. The highest BCUT2D eigenvalue weighted by molar-refractivity contribution is 5.21. The first-order valence-electron chi connectivity index (χ1n) is 4.42. The van der Waals surface area contributed by atoms with Crippen molar-refractivity contribution in [3.05, 3.63) is 23.8 Å². The number of hydrogen-bond donors (Lipinski definition) is 2.